The molecule has 0 bridgehead atoms. The van der Waals surface area contributed by atoms with Gasteiger partial charge in [-0.05, 0) is 25.7 Å². The molecule has 0 amide bonds. The van der Waals surface area contributed by atoms with Crippen molar-refractivity contribution in [1.82, 2.24) is 0 Å². The van der Waals surface area contributed by atoms with Crippen LogP contribution in [0.15, 0.2) is 0 Å². The Morgan fingerprint density at radius 2 is 1.36 bits per heavy atom. The molecule has 0 fully saturated rings. The van der Waals surface area contributed by atoms with Crippen molar-refractivity contribution in [2.24, 2.45) is 0 Å². The lowest BCUT2D eigenvalue weighted by Gasteiger charge is -2.00. The maximum absolute atomic E-state index is 11.7. The molecule has 0 aliphatic rings. The first kappa shape index (κ1) is 14.9. The molecule has 0 nitrogen and oxygen atoms in total. The molecule has 0 saturated carbocycles. The summed E-state index contributed by atoms with van der Waals surface area (Å²) in [6.07, 6.45) is 6.59. The summed E-state index contributed by atoms with van der Waals surface area (Å²) in [6, 6.07) is 0. The molecule has 4 heteroatoms. The van der Waals surface area contributed by atoms with E-state index in [9.17, 15) is 4.39 Å². The maximum atomic E-state index is 11.7. The number of hydrogen-bond donors (Lipinski definition) is 0. The van der Waals surface area contributed by atoms with Crippen LogP contribution in [0.5, 0.6) is 0 Å². The van der Waals surface area contributed by atoms with E-state index in [1.165, 1.54) is 24.3 Å². The highest BCUT2D eigenvalue weighted by atomic mass is 35.5. The summed E-state index contributed by atoms with van der Waals surface area (Å²) in [7, 11) is 3.86. The fourth-order valence-corrected chi connectivity index (χ4v) is 3.47. The first-order chi connectivity index (χ1) is 6.91. The van der Waals surface area contributed by atoms with Gasteiger partial charge in [0, 0.05) is 17.4 Å². The van der Waals surface area contributed by atoms with Crippen LogP contribution in [0.2, 0.25) is 0 Å². The first-order valence-electron chi connectivity index (χ1n) is 5.28. The van der Waals surface area contributed by atoms with E-state index in [2.05, 4.69) is 0 Å². The minimum absolute atomic E-state index is 0.157. The molecule has 0 N–H and O–H groups in total. The van der Waals surface area contributed by atoms with Crippen molar-refractivity contribution in [3.05, 3.63) is 0 Å². The highest BCUT2D eigenvalue weighted by Crippen LogP contribution is 2.24. The lowest BCUT2D eigenvalue weighted by Crippen LogP contribution is -1.83. The Balaban J connectivity index is 2.78. The van der Waals surface area contributed by atoms with Crippen LogP contribution >= 0.6 is 33.2 Å². The van der Waals surface area contributed by atoms with Crippen LogP contribution in [-0.2, 0) is 0 Å². The van der Waals surface area contributed by atoms with Gasteiger partial charge in [0.1, 0.15) is 0 Å². The van der Waals surface area contributed by atoms with Crippen LogP contribution in [-0.4, -0.2) is 24.1 Å². The molecule has 0 unspecified atom stereocenters. The van der Waals surface area contributed by atoms with Gasteiger partial charge in [-0.3, -0.25) is 4.39 Å². The minimum atomic E-state index is -0.157. The van der Waals surface area contributed by atoms with Crippen LogP contribution in [0.4, 0.5) is 4.39 Å². The van der Waals surface area contributed by atoms with Crippen molar-refractivity contribution >= 4 is 33.2 Å². The van der Waals surface area contributed by atoms with Gasteiger partial charge in [0.25, 0.3) is 0 Å². The molecular formula is C10H20ClFS2. The normalized spacial score (nSPS) is 10.7. The fourth-order valence-electron chi connectivity index (χ4n) is 0.982. The molecule has 0 radical (unpaired) electrons. The van der Waals surface area contributed by atoms with Gasteiger partial charge in [0.15, 0.2) is 0 Å². The Morgan fingerprint density at radius 3 is 1.86 bits per heavy atom. The van der Waals surface area contributed by atoms with Gasteiger partial charge in [0.05, 0.1) is 6.67 Å². The molecule has 0 saturated heterocycles. The third-order valence-corrected chi connectivity index (χ3v) is 4.65. The van der Waals surface area contributed by atoms with Crippen LogP contribution < -0.4 is 0 Å². The van der Waals surface area contributed by atoms with Gasteiger partial charge < -0.3 is 0 Å². The molecular weight excluding hydrogens is 239 g/mol. The number of hydrogen-bond acceptors (Lipinski definition) is 2. The largest absolute Gasteiger partial charge is 0.251 e. The minimum Gasteiger partial charge on any atom is -0.251 e. The zero-order chi connectivity index (χ0) is 10.5. The number of halogens is 2. The van der Waals surface area contributed by atoms with Crippen molar-refractivity contribution in [2.75, 3.05) is 24.1 Å². The maximum Gasteiger partial charge on any atom is 0.0894 e. The second kappa shape index (κ2) is 13.9. The van der Waals surface area contributed by atoms with Crippen LogP contribution in [0, 0.1) is 0 Å². The Morgan fingerprint density at radius 1 is 0.786 bits per heavy atom. The van der Waals surface area contributed by atoms with Gasteiger partial charge in [-0.2, -0.15) is 0 Å². The number of unbranched alkanes of at least 4 members (excludes halogenated alkanes) is 4. The lowest BCUT2D eigenvalue weighted by atomic mass is 10.3. The Labute approximate surface area is 100 Å². The monoisotopic (exact) mass is 258 g/mol. The van der Waals surface area contributed by atoms with Crippen LogP contribution in [0.25, 0.3) is 0 Å². The molecule has 0 spiro atoms. The summed E-state index contributed by atoms with van der Waals surface area (Å²) in [6.45, 7) is -0.157. The van der Waals surface area contributed by atoms with Crippen molar-refractivity contribution in [3.63, 3.8) is 0 Å². The van der Waals surface area contributed by atoms with E-state index in [1.807, 2.05) is 21.6 Å². The van der Waals surface area contributed by atoms with Gasteiger partial charge in [-0.25, -0.2) is 0 Å². The second-order valence-corrected chi connectivity index (χ2v) is 6.22. The number of rotatable bonds is 11. The zero-order valence-electron chi connectivity index (χ0n) is 8.64. The van der Waals surface area contributed by atoms with Crippen molar-refractivity contribution in [2.45, 2.75) is 38.5 Å². The average molecular weight is 259 g/mol. The lowest BCUT2D eigenvalue weighted by molar-refractivity contribution is 0.461. The molecule has 0 heterocycles. The third-order valence-electron chi connectivity index (χ3n) is 1.81. The quantitative estimate of drug-likeness (QED) is 0.293. The van der Waals surface area contributed by atoms with Gasteiger partial charge in [-0.1, -0.05) is 34.4 Å². The summed E-state index contributed by atoms with van der Waals surface area (Å²) in [5.74, 6) is 3.19. The summed E-state index contributed by atoms with van der Waals surface area (Å²) >= 11 is 5.57. The summed E-state index contributed by atoms with van der Waals surface area (Å²) in [4.78, 5) is 0. The molecule has 0 rings (SSSR count). The first-order valence-corrected chi connectivity index (χ1v) is 8.30. The van der Waals surface area contributed by atoms with E-state index in [4.69, 9.17) is 11.6 Å². The molecule has 0 aliphatic carbocycles. The van der Waals surface area contributed by atoms with E-state index >= 15 is 0 Å². The summed E-state index contributed by atoms with van der Waals surface area (Å²) < 4.78 is 11.7. The van der Waals surface area contributed by atoms with Crippen molar-refractivity contribution in [3.8, 4) is 0 Å². The van der Waals surface area contributed by atoms with Crippen LogP contribution in [0.3, 0.4) is 0 Å². The van der Waals surface area contributed by atoms with E-state index in [1.54, 1.807) is 0 Å². The van der Waals surface area contributed by atoms with E-state index in [0.717, 1.165) is 31.6 Å². The topological polar surface area (TPSA) is 0 Å². The van der Waals surface area contributed by atoms with E-state index in [-0.39, 0.29) is 6.67 Å². The van der Waals surface area contributed by atoms with Gasteiger partial charge in [-0.15, -0.1) is 11.6 Å². The molecule has 86 valence electrons. The SMILES string of the molecule is FCCCCCSSCCCCCCl. The Kier molecular flexibility index (Phi) is 14.8. The standard InChI is InChI=1S/C10H20ClFS2/c11-7-3-1-5-9-13-14-10-6-2-4-8-12/h1-10H2. The van der Waals surface area contributed by atoms with Gasteiger partial charge >= 0.3 is 0 Å². The van der Waals surface area contributed by atoms with Gasteiger partial charge in [0.2, 0.25) is 0 Å². The fraction of sp³-hybridized carbons (Fsp3) is 1.00. The predicted molar refractivity (Wildman–Crippen MR) is 69.3 cm³/mol. The van der Waals surface area contributed by atoms with Crippen LogP contribution in [0.1, 0.15) is 38.5 Å². The Bertz CT molecular complexity index is 92.1. The highest BCUT2D eigenvalue weighted by molar-refractivity contribution is 8.76. The molecule has 0 aromatic heterocycles. The van der Waals surface area contributed by atoms with Crippen molar-refractivity contribution < 1.29 is 4.39 Å². The van der Waals surface area contributed by atoms with E-state index in [0.29, 0.717) is 0 Å². The molecule has 0 aliphatic heterocycles. The smallest absolute Gasteiger partial charge is 0.0894 e. The molecule has 0 aromatic rings. The molecule has 0 aromatic carbocycles. The average Bonchev–Trinajstić information content (AvgIpc) is 2.21. The summed E-state index contributed by atoms with van der Waals surface area (Å²) in [5, 5.41) is 0. The third kappa shape index (κ3) is 12.9. The zero-order valence-corrected chi connectivity index (χ0v) is 11.0. The van der Waals surface area contributed by atoms with E-state index < -0.39 is 0 Å². The van der Waals surface area contributed by atoms with Crippen molar-refractivity contribution in [1.29, 1.82) is 0 Å². The summed E-state index contributed by atoms with van der Waals surface area (Å²) in [5.41, 5.74) is 0. The highest BCUT2D eigenvalue weighted by Gasteiger charge is 1.92. The predicted octanol–water partition coefficient (Wildman–Crippen LogP) is 4.92. The molecule has 0 atom stereocenters. The second-order valence-electron chi connectivity index (χ2n) is 3.14. The number of alkyl halides is 2. The molecule has 14 heavy (non-hydrogen) atoms. The Hall–Kier alpha value is 0.920.